The molecule has 2 aliphatic carbocycles. The van der Waals surface area contributed by atoms with Crippen molar-refractivity contribution in [3.8, 4) is 67.9 Å². The molecule has 11 rings (SSSR count). The summed E-state index contributed by atoms with van der Waals surface area (Å²) in [4.78, 5) is 14.6. The van der Waals surface area contributed by atoms with Crippen LogP contribution in [0, 0.1) is 0 Å². The lowest BCUT2D eigenvalue weighted by Crippen LogP contribution is -2.29. The van der Waals surface area contributed by atoms with E-state index >= 15 is 0 Å². The first-order valence-electron chi connectivity index (χ1n) is 21.4. The highest BCUT2D eigenvalue weighted by molar-refractivity contribution is 5.95. The van der Waals surface area contributed by atoms with Gasteiger partial charge >= 0.3 is 0 Å². The molecule has 0 amide bonds. The standard InChI is InChI=1S/C59H41N3O/c1-6-17-44(18-7-1)56-60-57(45-19-8-2-9-20-45)62-58(61-56)46-31-29-41(30-32-46)42-33-37-49(38-34-42)63-50-39-35-43(36-40-50)51-26-16-28-54-55(51)52-25-14-5-15-27-53(52)59(54,47-21-10-3-11-22-47)48-23-12-4-13-24-48/h1-24,26-40H,25H2. The zero-order valence-electron chi connectivity index (χ0n) is 34.5. The molecule has 0 unspecified atom stereocenters. The smallest absolute Gasteiger partial charge is 0.164 e. The van der Waals surface area contributed by atoms with Crippen molar-refractivity contribution in [3.63, 3.8) is 0 Å². The van der Waals surface area contributed by atoms with Gasteiger partial charge in [-0.2, -0.15) is 0 Å². The highest BCUT2D eigenvalue weighted by Crippen LogP contribution is 2.58. The third-order valence-corrected chi connectivity index (χ3v) is 12.2. The first-order valence-corrected chi connectivity index (χ1v) is 21.4. The van der Waals surface area contributed by atoms with Crippen molar-refractivity contribution < 1.29 is 4.74 Å². The lowest BCUT2D eigenvalue weighted by atomic mass is 9.66. The van der Waals surface area contributed by atoms with Crippen LogP contribution < -0.4 is 4.74 Å². The monoisotopic (exact) mass is 807 g/mol. The van der Waals surface area contributed by atoms with Crippen LogP contribution in [0.2, 0.25) is 0 Å². The number of benzene rings is 8. The maximum Gasteiger partial charge on any atom is 0.164 e. The summed E-state index contributed by atoms with van der Waals surface area (Å²) in [5, 5.41) is 0. The fraction of sp³-hybridized carbons (Fsp3) is 0.0339. The van der Waals surface area contributed by atoms with E-state index in [-0.39, 0.29) is 0 Å². The molecule has 0 radical (unpaired) electrons. The number of allylic oxidation sites excluding steroid dienone is 6. The van der Waals surface area contributed by atoms with E-state index in [9.17, 15) is 0 Å². The molecule has 0 spiro atoms. The Hall–Kier alpha value is -8.21. The zero-order chi connectivity index (χ0) is 42.0. The summed E-state index contributed by atoms with van der Waals surface area (Å²) in [7, 11) is 0. The molecule has 1 heterocycles. The number of ether oxygens (including phenoxy) is 1. The Balaban J connectivity index is 0.858. The Morgan fingerprint density at radius 1 is 0.381 bits per heavy atom. The van der Waals surface area contributed by atoms with Gasteiger partial charge in [0, 0.05) is 16.7 Å². The fourth-order valence-corrected chi connectivity index (χ4v) is 9.26. The molecule has 9 aromatic rings. The molecule has 0 atom stereocenters. The summed E-state index contributed by atoms with van der Waals surface area (Å²) in [6.07, 6.45) is 9.85. The van der Waals surface area contributed by atoms with E-state index < -0.39 is 5.41 Å². The molecule has 0 N–H and O–H groups in total. The lowest BCUT2D eigenvalue weighted by Gasteiger charge is -2.35. The maximum atomic E-state index is 6.43. The van der Waals surface area contributed by atoms with Gasteiger partial charge in [0.25, 0.3) is 0 Å². The molecule has 2 aliphatic rings. The molecule has 0 bridgehead atoms. The number of hydrogen-bond acceptors (Lipinski definition) is 4. The van der Waals surface area contributed by atoms with E-state index in [2.05, 4.69) is 164 Å². The highest BCUT2D eigenvalue weighted by Gasteiger charge is 2.47. The predicted molar refractivity (Wildman–Crippen MR) is 256 cm³/mol. The van der Waals surface area contributed by atoms with Crippen LogP contribution in [0.3, 0.4) is 0 Å². The van der Waals surface area contributed by atoms with Gasteiger partial charge in [-0.05, 0) is 86.3 Å². The number of hydrogen-bond donors (Lipinski definition) is 0. The molecule has 4 nitrogen and oxygen atoms in total. The largest absolute Gasteiger partial charge is 0.457 e. The van der Waals surface area contributed by atoms with Gasteiger partial charge in [-0.25, -0.2) is 15.0 Å². The van der Waals surface area contributed by atoms with Crippen molar-refractivity contribution in [2.24, 2.45) is 0 Å². The average molecular weight is 808 g/mol. The van der Waals surface area contributed by atoms with Crippen molar-refractivity contribution in [2.45, 2.75) is 11.8 Å². The van der Waals surface area contributed by atoms with Crippen LogP contribution in [-0.2, 0) is 5.41 Å². The predicted octanol–water partition coefficient (Wildman–Crippen LogP) is 14.6. The van der Waals surface area contributed by atoms with Crippen LogP contribution >= 0.6 is 0 Å². The molecule has 298 valence electrons. The number of nitrogens with zero attached hydrogens (tertiary/aromatic N) is 3. The van der Waals surface area contributed by atoms with Crippen LogP contribution in [0.4, 0.5) is 0 Å². The van der Waals surface area contributed by atoms with Crippen LogP contribution in [0.5, 0.6) is 11.5 Å². The van der Waals surface area contributed by atoms with Gasteiger partial charge < -0.3 is 4.74 Å². The Bertz CT molecular complexity index is 3060. The quantitative estimate of drug-likeness (QED) is 0.146. The van der Waals surface area contributed by atoms with E-state index in [0.29, 0.717) is 17.5 Å². The van der Waals surface area contributed by atoms with Gasteiger partial charge in [0.1, 0.15) is 11.5 Å². The molecule has 1 aromatic heterocycles. The summed E-state index contributed by atoms with van der Waals surface area (Å²) in [6, 6.07) is 74.0. The summed E-state index contributed by atoms with van der Waals surface area (Å²) < 4.78 is 6.43. The third kappa shape index (κ3) is 6.98. The van der Waals surface area contributed by atoms with Gasteiger partial charge in [0.15, 0.2) is 17.5 Å². The maximum absolute atomic E-state index is 6.43. The first kappa shape index (κ1) is 37.8. The van der Waals surface area contributed by atoms with E-state index in [1.165, 1.54) is 39.0 Å². The van der Waals surface area contributed by atoms with Gasteiger partial charge in [-0.15, -0.1) is 0 Å². The van der Waals surface area contributed by atoms with Crippen molar-refractivity contribution in [3.05, 3.63) is 264 Å². The molecular weight excluding hydrogens is 767 g/mol. The molecule has 63 heavy (non-hydrogen) atoms. The topological polar surface area (TPSA) is 47.9 Å². The van der Waals surface area contributed by atoms with Crippen LogP contribution in [0.15, 0.2) is 242 Å². The van der Waals surface area contributed by atoms with Gasteiger partial charge in [-0.1, -0.05) is 212 Å². The molecule has 0 aliphatic heterocycles. The third-order valence-electron chi connectivity index (χ3n) is 12.2. The average Bonchev–Trinajstić information content (AvgIpc) is 3.45. The Kier molecular flexibility index (Phi) is 9.79. The van der Waals surface area contributed by atoms with Crippen molar-refractivity contribution in [1.82, 2.24) is 15.0 Å². The second-order valence-electron chi connectivity index (χ2n) is 15.9. The minimum atomic E-state index is -0.434. The minimum Gasteiger partial charge on any atom is -0.457 e. The zero-order valence-corrected chi connectivity index (χ0v) is 34.5. The molecular formula is C59H41N3O. The van der Waals surface area contributed by atoms with Gasteiger partial charge in [0.2, 0.25) is 0 Å². The van der Waals surface area contributed by atoms with Crippen LogP contribution in [-0.4, -0.2) is 15.0 Å². The van der Waals surface area contributed by atoms with E-state index in [1.807, 2.05) is 72.8 Å². The summed E-state index contributed by atoms with van der Waals surface area (Å²) in [5.41, 5.74) is 14.8. The van der Waals surface area contributed by atoms with Gasteiger partial charge in [0.05, 0.1) is 5.41 Å². The molecule has 0 saturated carbocycles. The number of rotatable bonds is 9. The lowest BCUT2D eigenvalue weighted by molar-refractivity contribution is 0.483. The van der Waals surface area contributed by atoms with E-state index in [1.54, 1.807) is 0 Å². The summed E-state index contributed by atoms with van der Waals surface area (Å²) >= 11 is 0. The molecule has 0 fully saturated rings. The van der Waals surface area contributed by atoms with Crippen LogP contribution in [0.25, 0.3) is 62.0 Å². The summed E-state index contributed by atoms with van der Waals surface area (Å²) in [5.74, 6) is 3.49. The number of aromatic nitrogens is 3. The highest BCUT2D eigenvalue weighted by atomic mass is 16.5. The normalized spacial score (nSPS) is 13.6. The second kappa shape index (κ2) is 16.3. The first-order chi connectivity index (χ1) is 31.2. The van der Waals surface area contributed by atoms with Crippen molar-refractivity contribution in [1.29, 1.82) is 0 Å². The van der Waals surface area contributed by atoms with Crippen molar-refractivity contribution >= 4 is 5.57 Å². The van der Waals surface area contributed by atoms with E-state index in [0.717, 1.165) is 51.3 Å². The number of fused-ring (bicyclic) bond motifs is 2. The SMILES string of the molecule is C1=CCC2=C(C=C1)C(c1ccccc1)(c1ccccc1)c1cccc(-c3ccc(Oc4ccc(-c5ccc(-c6nc(-c7ccccc7)nc(-c7ccccc7)n6)cc5)cc4)cc3)c12. The van der Waals surface area contributed by atoms with Crippen molar-refractivity contribution in [2.75, 3.05) is 0 Å². The summed E-state index contributed by atoms with van der Waals surface area (Å²) in [6.45, 7) is 0. The van der Waals surface area contributed by atoms with Crippen LogP contribution in [0.1, 0.15) is 28.7 Å². The molecule has 8 aromatic carbocycles. The Labute approximate surface area is 367 Å². The fourth-order valence-electron chi connectivity index (χ4n) is 9.26. The second-order valence-corrected chi connectivity index (χ2v) is 15.9. The molecule has 0 saturated heterocycles. The molecule has 4 heteroatoms. The van der Waals surface area contributed by atoms with Gasteiger partial charge in [-0.3, -0.25) is 0 Å². The minimum absolute atomic E-state index is 0.434. The van der Waals surface area contributed by atoms with E-state index in [4.69, 9.17) is 19.7 Å². The Morgan fingerprint density at radius 3 is 1.35 bits per heavy atom. The Morgan fingerprint density at radius 2 is 0.825 bits per heavy atom.